The first-order valence-corrected chi connectivity index (χ1v) is 9.90. The maximum Gasteiger partial charge on any atom is 0.194 e. The number of hydrogen-bond donors (Lipinski definition) is 2. The SMILES string of the molecule is CN=C(NCc1ccc(O)c(F)c1)N1CCN(Cc2ccc(OC)c(OC)c2)CC1.I. The fourth-order valence-corrected chi connectivity index (χ4v) is 3.53. The lowest BCUT2D eigenvalue weighted by Gasteiger charge is -2.36. The third kappa shape index (κ3) is 6.60. The average molecular weight is 544 g/mol. The highest BCUT2D eigenvalue weighted by atomic mass is 127. The third-order valence-electron chi connectivity index (χ3n) is 5.20. The molecule has 0 bridgehead atoms. The van der Waals surface area contributed by atoms with Crippen molar-refractivity contribution < 1.29 is 19.0 Å². The zero-order valence-electron chi connectivity index (χ0n) is 18.1. The van der Waals surface area contributed by atoms with Crippen molar-refractivity contribution in [3.05, 3.63) is 53.3 Å². The number of aliphatic imine (C=N–C) groups is 1. The molecule has 1 aliphatic rings. The van der Waals surface area contributed by atoms with Gasteiger partial charge in [-0.15, -0.1) is 24.0 Å². The lowest BCUT2D eigenvalue weighted by molar-refractivity contribution is 0.172. The normalized spacial score (nSPS) is 14.7. The quantitative estimate of drug-likeness (QED) is 0.331. The highest BCUT2D eigenvalue weighted by molar-refractivity contribution is 14.0. The summed E-state index contributed by atoms with van der Waals surface area (Å²) in [5.41, 5.74) is 1.93. The minimum absolute atomic E-state index is 0. The number of guanidine groups is 1. The minimum Gasteiger partial charge on any atom is -0.505 e. The lowest BCUT2D eigenvalue weighted by atomic mass is 10.1. The maximum absolute atomic E-state index is 13.5. The summed E-state index contributed by atoms with van der Waals surface area (Å²) in [7, 11) is 5.02. The summed E-state index contributed by atoms with van der Waals surface area (Å²) in [5, 5.41) is 12.6. The van der Waals surface area contributed by atoms with E-state index in [4.69, 9.17) is 9.47 Å². The Bertz CT molecular complexity index is 889. The molecule has 3 rings (SSSR count). The van der Waals surface area contributed by atoms with E-state index < -0.39 is 5.82 Å². The molecule has 1 saturated heterocycles. The summed E-state index contributed by atoms with van der Waals surface area (Å²) in [6.07, 6.45) is 0. The number of methoxy groups -OCH3 is 2. The third-order valence-corrected chi connectivity index (χ3v) is 5.20. The van der Waals surface area contributed by atoms with Crippen molar-refractivity contribution in [1.29, 1.82) is 0 Å². The molecule has 1 heterocycles. The number of phenolic OH excluding ortho intramolecular Hbond substituents is 1. The second-order valence-electron chi connectivity index (χ2n) is 7.14. The zero-order valence-corrected chi connectivity index (χ0v) is 20.4. The van der Waals surface area contributed by atoms with Crippen LogP contribution in [-0.4, -0.2) is 68.3 Å². The van der Waals surface area contributed by atoms with Crippen LogP contribution < -0.4 is 14.8 Å². The first-order valence-electron chi connectivity index (χ1n) is 9.90. The number of nitrogens with one attached hydrogen (secondary N) is 1. The molecule has 0 unspecified atom stereocenters. The smallest absolute Gasteiger partial charge is 0.194 e. The molecule has 9 heteroatoms. The van der Waals surface area contributed by atoms with Gasteiger partial charge in [-0.25, -0.2) is 4.39 Å². The van der Waals surface area contributed by atoms with Gasteiger partial charge in [0.15, 0.2) is 29.0 Å². The van der Waals surface area contributed by atoms with Crippen molar-refractivity contribution in [3.63, 3.8) is 0 Å². The second-order valence-corrected chi connectivity index (χ2v) is 7.14. The fraction of sp³-hybridized carbons (Fsp3) is 0.409. The first kappa shape index (κ1) is 25.0. The number of ether oxygens (including phenoxy) is 2. The molecule has 0 saturated carbocycles. The van der Waals surface area contributed by atoms with Crippen molar-refractivity contribution in [2.24, 2.45) is 4.99 Å². The van der Waals surface area contributed by atoms with Crippen molar-refractivity contribution in [2.75, 3.05) is 47.4 Å². The zero-order chi connectivity index (χ0) is 21.5. The molecule has 7 nitrogen and oxygen atoms in total. The standard InChI is InChI=1S/C22H29FN4O3.HI/c1-24-22(25-14-16-4-6-19(28)18(23)12-16)27-10-8-26(9-11-27)15-17-5-7-20(29-2)21(13-17)30-3;/h4-7,12-13,28H,8-11,14-15H2,1-3H3,(H,24,25);1H. The van der Waals surface area contributed by atoms with E-state index in [2.05, 4.69) is 26.2 Å². The number of nitrogens with zero attached hydrogens (tertiary/aromatic N) is 3. The number of halogens is 2. The first-order chi connectivity index (χ1) is 14.5. The van der Waals surface area contributed by atoms with Crippen LogP contribution in [0.2, 0.25) is 0 Å². The molecule has 170 valence electrons. The number of benzene rings is 2. The number of piperazine rings is 1. The van der Waals surface area contributed by atoms with Gasteiger partial charge < -0.3 is 24.8 Å². The number of aromatic hydroxyl groups is 1. The van der Waals surface area contributed by atoms with Crippen LogP contribution in [0.1, 0.15) is 11.1 Å². The van der Waals surface area contributed by atoms with Crippen molar-refractivity contribution in [3.8, 4) is 17.2 Å². The molecule has 0 aliphatic carbocycles. The highest BCUT2D eigenvalue weighted by Crippen LogP contribution is 2.28. The molecular weight excluding hydrogens is 514 g/mol. The van der Waals surface area contributed by atoms with E-state index in [9.17, 15) is 9.50 Å². The lowest BCUT2D eigenvalue weighted by Crippen LogP contribution is -2.52. The summed E-state index contributed by atoms with van der Waals surface area (Å²) in [6, 6.07) is 10.4. The molecule has 0 amide bonds. The van der Waals surface area contributed by atoms with E-state index in [1.807, 2.05) is 12.1 Å². The summed E-state index contributed by atoms with van der Waals surface area (Å²) >= 11 is 0. The van der Waals surface area contributed by atoms with Crippen molar-refractivity contribution in [2.45, 2.75) is 13.1 Å². The Labute approximate surface area is 199 Å². The van der Waals surface area contributed by atoms with Gasteiger partial charge in [0.25, 0.3) is 0 Å². The van der Waals surface area contributed by atoms with Gasteiger partial charge in [-0.05, 0) is 35.4 Å². The minimum atomic E-state index is -0.618. The Hall–Kier alpha value is -2.27. The van der Waals surface area contributed by atoms with E-state index in [0.29, 0.717) is 6.54 Å². The molecule has 1 aliphatic heterocycles. The molecule has 2 N–H and O–H groups in total. The summed E-state index contributed by atoms with van der Waals surface area (Å²) in [5.74, 6) is 1.30. The Morgan fingerprint density at radius 1 is 1.03 bits per heavy atom. The summed E-state index contributed by atoms with van der Waals surface area (Å²) in [4.78, 5) is 8.94. The van der Waals surface area contributed by atoms with Crippen LogP contribution >= 0.6 is 24.0 Å². The number of phenols is 1. The van der Waals surface area contributed by atoms with Crippen LogP contribution in [0.3, 0.4) is 0 Å². The van der Waals surface area contributed by atoms with Crippen LogP contribution in [0.4, 0.5) is 4.39 Å². The second kappa shape index (κ2) is 11.9. The van der Waals surface area contributed by atoms with Crippen LogP contribution in [0.15, 0.2) is 41.4 Å². The van der Waals surface area contributed by atoms with E-state index in [-0.39, 0.29) is 29.7 Å². The monoisotopic (exact) mass is 544 g/mol. The predicted octanol–water partition coefficient (Wildman–Crippen LogP) is 3.06. The molecule has 0 aromatic heterocycles. The van der Waals surface area contributed by atoms with Crippen LogP contribution in [0.5, 0.6) is 17.2 Å². The fourth-order valence-electron chi connectivity index (χ4n) is 3.53. The molecule has 2 aromatic carbocycles. The van der Waals surface area contributed by atoms with Crippen molar-refractivity contribution in [1.82, 2.24) is 15.1 Å². The van der Waals surface area contributed by atoms with Crippen LogP contribution in [0.25, 0.3) is 0 Å². The van der Waals surface area contributed by atoms with Gasteiger partial charge in [0.05, 0.1) is 14.2 Å². The Morgan fingerprint density at radius 3 is 2.32 bits per heavy atom. The van der Waals surface area contributed by atoms with Gasteiger partial charge in [0.2, 0.25) is 0 Å². The van der Waals surface area contributed by atoms with E-state index >= 15 is 0 Å². The molecule has 2 aromatic rings. The summed E-state index contributed by atoms with van der Waals surface area (Å²) < 4.78 is 24.2. The molecule has 1 fully saturated rings. The van der Waals surface area contributed by atoms with Gasteiger partial charge in [-0.1, -0.05) is 12.1 Å². The van der Waals surface area contributed by atoms with Gasteiger partial charge in [0, 0.05) is 46.3 Å². The summed E-state index contributed by atoms with van der Waals surface area (Å²) in [6.45, 7) is 4.78. The van der Waals surface area contributed by atoms with E-state index in [1.54, 1.807) is 27.3 Å². The van der Waals surface area contributed by atoms with Crippen molar-refractivity contribution >= 4 is 29.9 Å². The maximum atomic E-state index is 13.5. The molecular formula is C22H30FIN4O3. The average Bonchev–Trinajstić information content (AvgIpc) is 2.77. The number of hydrogen-bond acceptors (Lipinski definition) is 5. The van der Waals surface area contributed by atoms with Gasteiger partial charge >= 0.3 is 0 Å². The van der Waals surface area contributed by atoms with Gasteiger partial charge in [-0.3, -0.25) is 9.89 Å². The van der Waals surface area contributed by atoms with Gasteiger partial charge in [-0.2, -0.15) is 0 Å². The highest BCUT2D eigenvalue weighted by Gasteiger charge is 2.20. The molecule has 31 heavy (non-hydrogen) atoms. The topological polar surface area (TPSA) is 69.6 Å². The predicted molar refractivity (Wildman–Crippen MR) is 130 cm³/mol. The molecule has 0 spiro atoms. The van der Waals surface area contributed by atoms with Gasteiger partial charge in [0.1, 0.15) is 0 Å². The number of rotatable bonds is 6. The Balaban J connectivity index is 0.00000341. The van der Waals surface area contributed by atoms with Crippen LogP contribution in [-0.2, 0) is 13.1 Å². The molecule has 0 radical (unpaired) electrons. The Kier molecular flexibility index (Phi) is 9.63. The largest absolute Gasteiger partial charge is 0.505 e. The van der Waals surface area contributed by atoms with E-state index in [1.165, 1.54) is 17.7 Å². The van der Waals surface area contributed by atoms with Crippen LogP contribution in [0, 0.1) is 5.82 Å². The van der Waals surface area contributed by atoms with E-state index in [0.717, 1.165) is 55.7 Å². The molecule has 0 atom stereocenters. The Morgan fingerprint density at radius 2 is 1.71 bits per heavy atom.